The zero-order valence-electron chi connectivity index (χ0n) is 15.6. The summed E-state index contributed by atoms with van der Waals surface area (Å²) in [6, 6.07) is 1.80. The molecule has 1 rings (SSSR count). The molecule has 0 amide bonds. The Bertz CT molecular complexity index is 605. The summed E-state index contributed by atoms with van der Waals surface area (Å²) in [5, 5.41) is 0. The van der Waals surface area contributed by atoms with E-state index in [1.807, 2.05) is 20.8 Å². The van der Waals surface area contributed by atoms with Crippen LogP contribution in [0.15, 0.2) is 20.0 Å². The molecule has 0 radical (unpaired) electrons. The van der Waals surface area contributed by atoms with Gasteiger partial charge < -0.3 is 4.55 Å². The summed E-state index contributed by atoms with van der Waals surface area (Å²) in [7, 11) is -1.23. The Kier molecular flexibility index (Phi) is 7.78. The van der Waals surface area contributed by atoms with E-state index in [9.17, 15) is 4.55 Å². The molecule has 1 atom stereocenters. The Balaban J connectivity index is 3.51. The van der Waals surface area contributed by atoms with E-state index in [0.29, 0.717) is 10.3 Å². The van der Waals surface area contributed by atoms with Crippen molar-refractivity contribution in [3.63, 3.8) is 0 Å². The Morgan fingerprint density at radius 2 is 1.79 bits per heavy atom. The van der Waals surface area contributed by atoms with Crippen molar-refractivity contribution in [1.82, 2.24) is 4.98 Å². The van der Waals surface area contributed by atoms with E-state index >= 15 is 4.39 Å². The van der Waals surface area contributed by atoms with Crippen LogP contribution in [0, 0.1) is 5.82 Å². The molecule has 0 aliphatic rings. The van der Waals surface area contributed by atoms with E-state index in [1.165, 1.54) is 0 Å². The van der Waals surface area contributed by atoms with Crippen molar-refractivity contribution >= 4 is 43.0 Å². The third kappa shape index (κ3) is 4.74. The highest BCUT2D eigenvalue weighted by atomic mass is 79.9. The first kappa shape index (κ1) is 21.9. The predicted molar refractivity (Wildman–Crippen MR) is 109 cm³/mol. The van der Waals surface area contributed by atoms with Crippen LogP contribution in [0.5, 0.6) is 0 Å². The molecule has 0 spiro atoms. The molecule has 1 aromatic rings. The standard InChI is InChI=1S/C17H28BrFN2OS2/c1-8-24(9-2,10-3)13-11-14(18)20-16(15(13)19)12(4)21-23(22)17(5,6)7/h11H,8-10H2,1-7H3. The van der Waals surface area contributed by atoms with E-state index in [-0.39, 0.29) is 11.5 Å². The third-order valence-corrected chi connectivity index (χ3v) is 10.5. The van der Waals surface area contributed by atoms with Crippen molar-refractivity contribution in [2.75, 3.05) is 17.3 Å². The van der Waals surface area contributed by atoms with E-state index in [1.54, 1.807) is 13.0 Å². The van der Waals surface area contributed by atoms with Crippen LogP contribution in [0.3, 0.4) is 0 Å². The monoisotopic (exact) mass is 438 g/mol. The second kappa shape index (κ2) is 8.52. The SMILES string of the molecule is CCS(CC)(CC)c1cc(Br)nc(C(C)=N[S+]([O-])C(C)(C)C)c1F. The topological polar surface area (TPSA) is 48.3 Å². The highest BCUT2D eigenvalue weighted by Gasteiger charge is 2.30. The van der Waals surface area contributed by atoms with Gasteiger partial charge in [0.25, 0.3) is 0 Å². The number of pyridine rings is 1. The summed E-state index contributed by atoms with van der Waals surface area (Å²) < 4.78 is 31.8. The van der Waals surface area contributed by atoms with Gasteiger partial charge >= 0.3 is 0 Å². The summed E-state index contributed by atoms with van der Waals surface area (Å²) in [6.07, 6.45) is 0. The first-order valence-corrected chi connectivity index (χ1v) is 12.2. The molecule has 0 saturated carbocycles. The van der Waals surface area contributed by atoms with Crippen LogP contribution in [0.25, 0.3) is 0 Å². The molecule has 0 aliphatic carbocycles. The predicted octanol–water partition coefficient (Wildman–Crippen LogP) is 5.48. The zero-order chi connectivity index (χ0) is 18.7. The molecule has 0 bridgehead atoms. The van der Waals surface area contributed by atoms with Crippen LogP contribution >= 0.6 is 26.0 Å². The van der Waals surface area contributed by atoms with Crippen LogP contribution in [-0.4, -0.2) is 37.3 Å². The fourth-order valence-electron chi connectivity index (χ4n) is 2.41. The average Bonchev–Trinajstić information content (AvgIpc) is 2.51. The van der Waals surface area contributed by atoms with Crippen molar-refractivity contribution in [1.29, 1.82) is 0 Å². The molecule has 0 aliphatic heterocycles. The molecule has 0 N–H and O–H groups in total. The Morgan fingerprint density at radius 3 is 2.21 bits per heavy atom. The molecule has 0 saturated heterocycles. The molecule has 0 fully saturated rings. The maximum atomic E-state index is 15.3. The summed E-state index contributed by atoms with van der Waals surface area (Å²) >= 11 is 1.96. The zero-order valence-corrected chi connectivity index (χ0v) is 18.8. The Hall–Kier alpha value is -0.110. The quantitative estimate of drug-likeness (QED) is 0.335. The van der Waals surface area contributed by atoms with Gasteiger partial charge in [0.2, 0.25) is 0 Å². The van der Waals surface area contributed by atoms with Crippen LogP contribution < -0.4 is 0 Å². The largest absolute Gasteiger partial charge is 0.591 e. The van der Waals surface area contributed by atoms with E-state index in [4.69, 9.17) is 0 Å². The minimum absolute atomic E-state index is 0.198. The van der Waals surface area contributed by atoms with Gasteiger partial charge in [-0.2, -0.15) is 0 Å². The highest BCUT2D eigenvalue weighted by molar-refractivity contribution is 9.10. The average molecular weight is 439 g/mol. The fourth-order valence-corrected chi connectivity index (χ4v) is 6.58. The van der Waals surface area contributed by atoms with Crippen LogP contribution in [-0.2, 0) is 11.4 Å². The van der Waals surface area contributed by atoms with Gasteiger partial charge in [0.15, 0.2) is 5.82 Å². The number of hydrogen-bond donors (Lipinski definition) is 0. The molecule has 1 heterocycles. The number of hydrogen-bond acceptors (Lipinski definition) is 3. The van der Waals surface area contributed by atoms with Gasteiger partial charge in [-0.3, -0.25) is 0 Å². The maximum absolute atomic E-state index is 15.3. The number of halogens is 2. The van der Waals surface area contributed by atoms with Gasteiger partial charge in [-0.1, -0.05) is 25.2 Å². The molecule has 3 nitrogen and oxygen atoms in total. The fraction of sp³-hybridized carbons (Fsp3) is 0.647. The van der Waals surface area contributed by atoms with Gasteiger partial charge in [0.1, 0.15) is 32.1 Å². The normalized spacial score (nSPS) is 15.5. The molecule has 1 unspecified atom stereocenters. The number of nitrogens with zero attached hydrogens (tertiary/aromatic N) is 2. The van der Waals surface area contributed by atoms with Gasteiger partial charge in [-0.15, -0.1) is 0 Å². The highest BCUT2D eigenvalue weighted by Crippen LogP contribution is 2.56. The first-order valence-electron chi connectivity index (χ1n) is 8.12. The summed E-state index contributed by atoms with van der Waals surface area (Å²) in [4.78, 5) is 5.01. The van der Waals surface area contributed by atoms with Gasteiger partial charge in [-0.05, 0) is 66.9 Å². The van der Waals surface area contributed by atoms with Crippen molar-refractivity contribution in [2.24, 2.45) is 4.40 Å². The maximum Gasteiger partial charge on any atom is 0.163 e. The lowest BCUT2D eigenvalue weighted by Gasteiger charge is -2.38. The van der Waals surface area contributed by atoms with Crippen LogP contribution in [0.2, 0.25) is 0 Å². The number of rotatable bonds is 6. The second-order valence-electron chi connectivity index (χ2n) is 6.56. The minimum atomic E-state index is -1.44. The molecule has 7 heteroatoms. The molecule has 1 aromatic heterocycles. The van der Waals surface area contributed by atoms with Crippen molar-refractivity contribution in [2.45, 2.75) is 58.1 Å². The minimum Gasteiger partial charge on any atom is -0.591 e. The van der Waals surface area contributed by atoms with E-state index in [2.05, 4.69) is 46.1 Å². The van der Waals surface area contributed by atoms with Crippen LogP contribution in [0.1, 0.15) is 54.2 Å². The smallest absolute Gasteiger partial charge is 0.163 e. The number of aromatic nitrogens is 1. The molecule has 138 valence electrons. The third-order valence-electron chi connectivity index (χ3n) is 4.10. The Labute approximate surface area is 158 Å². The van der Waals surface area contributed by atoms with Gasteiger partial charge in [0, 0.05) is 4.90 Å². The van der Waals surface area contributed by atoms with Gasteiger partial charge in [-0.25, -0.2) is 19.4 Å². The molecule has 0 aromatic carbocycles. The lowest BCUT2D eigenvalue weighted by Crippen LogP contribution is -2.27. The lowest BCUT2D eigenvalue weighted by molar-refractivity contribution is 0.561. The summed E-state index contributed by atoms with van der Waals surface area (Å²) in [6.45, 7) is 13.6. The van der Waals surface area contributed by atoms with E-state index in [0.717, 1.165) is 22.2 Å². The van der Waals surface area contributed by atoms with Crippen LogP contribution in [0.4, 0.5) is 4.39 Å². The van der Waals surface area contributed by atoms with Gasteiger partial charge in [0.05, 0.1) is 0 Å². The van der Waals surface area contributed by atoms with E-state index < -0.39 is 26.1 Å². The summed E-state index contributed by atoms with van der Waals surface area (Å²) in [5.41, 5.74) is 0.573. The summed E-state index contributed by atoms with van der Waals surface area (Å²) in [5.74, 6) is 2.47. The first-order chi connectivity index (χ1) is 11.0. The molecular formula is C17H28BrFN2OS2. The molecular weight excluding hydrogens is 411 g/mol. The van der Waals surface area contributed by atoms with Crippen molar-refractivity contribution < 1.29 is 8.94 Å². The van der Waals surface area contributed by atoms with Crippen molar-refractivity contribution in [3.8, 4) is 0 Å². The Morgan fingerprint density at radius 1 is 1.29 bits per heavy atom. The lowest BCUT2D eigenvalue weighted by atomic mass is 10.2. The molecule has 24 heavy (non-hydrogen) atoms. The van der Waals surface area contributed by atoms with Crippen molar-refractivity contribution in [3.05, 3.63) is 22.2 Å². The second-order valence-corrected chi connectivity index (χ2v) is 13.5.